The Bertz CT molecular complexity index is 3670. The number of carbonyl (C=O) groups is 18. The molecule has 1 fully saturated rings. The molecule has 638 valence electrons. The quantitative estimate of drug-likeness (QED) is 0.0274. The minimum Gasteiger partial charge on any atom is -0.481 e. The number of nitrogens with two attached hydrogens (primary N) is 4. The number of aliphatic hydroxyl groups excluding tert-OH is 3. The van der Waals surface area contributed by atoms with E-state index in [9.17, 15) is 112 Å². The minimum absolute atomic E-state index is 0.00658. The van der Waals surface area contributed by atoms with Crippen LogP contribution in [0.3, 0.4) is 0 Å². The fourth-order valence-electron chi connectivity index (χ4n) is 12.1. The number of benzene rings is 2. The van der Waals surface area contributed by atoms with Crippen molar-refractivity contribution in [2.45, 2.75) is 229 Å². The van der Waals surface area contributed by atoms with Gasteiger partial charge in [-0.25, -0.2) is 4.79 Å². The molecule has 0 aliphatic carbocycles. The van der Waals surface area contributed by atoms with Crippen molar-refractivity contribution < 1.29 is 117 Å². The lowest BCUT2D eigenvalue weighted by Crippen LogP contribution is -2.62. The van der Waals surface area contributed by atoms with E-state index in [1.54, 1.807) is 102 Å². The first-order valence-corrected chi connectivity index (χ1v) is 37.8. The highest BCUT2D eigenvalue weighted by atomic mass is 16.4. The predicted octanol–water partition coefficient (Wildman–Crippen LogP) is -6.58. The number of rotatable bonds is 53. The Labute approximate surface area is 663 Å². The maximum Gasteiger partial charge on any atom is 0.326 e. The van der Waals surface area contributed by atoms with E-state index in [2.05, 4.69) is 63.8 Å². The maximum atomic E-state index is 14.8. The Kier molecular flexibility index (Phi) is 42.6. The number of carbonyl (C=O) groups excluding carboxylic acids is 15. The van der Waals surface area contributed by atoms with Gasteiger partial charge in [-0.1, -0.05) is 102 Å². The number of aliphatic hydroxyl groups is 3. The van der Waals surface area contributed by atoms with Gasteiger partial charge in [-0.2, -0.15) is 0 Å². The molecule has 26 N–H and O–H groups in total. The number of carboxylic acid groups (broad SMARTS) is 3. The monoisotopic (exact) mass is 1620 g/mol. The number of carboxylic acids is 3. The van der Waals surface area contributed by atoms with E-state index < -0.39 is 237 Å². The lowest BCUT2D eigenvalue weighted by molar-refractivity contribution is -0.143. The summed E-state index contributed by atoms with van der Waals surface area (Å²) in [6.07, 6.45) is -4.00. The van der Waals surface area contributed by atoms with E-state index in [0.29, 0.717) is 17.5 Å². The summed E-state index contributed by atoms with van der Waals surface area (Å²) in [6.45, 7) is 6.70. The second kappa shape index (κ2) is 50.0. The van der Waals surface area contributed by atoms with E-state index in [4.69, 9.17) is 28.0 Å². The van der Waals surface area contributed by atoms with Crippen LogP contribution in [0.25, 0.3) is 0 Å². The van der Waals surface area contributed by atoms with Gasteiger partial charge in [0.05, 0.1) is 38.7 Å². The van der Waals surface area contributed by atoms with Crippen molar-refractivity contribution in [3.63, 3.8) is 0 Å². The van der Waals surface area contributed by atoms with Gasteiger partial charge < -0.3 is 122 Å². The number of nitrogens with zero attached hydrogens (tertiary/aromatic N) is 1. The Morgan fingerprint density at radius 3 is 1.14 bits per heavy atom. The highest BCUT2D eigenvalue weighted by molar-refractivity contribution is 6.01. The molecule has 41 nitrogen and oxygen atoms in total. The summed E-state index contributed by atoms with van der Waals surface area (Å²) in [5.74, 6) is -21.2. The SMILES string of the molecule is CC(C)C[C@H](NC(=O)[C@H](CC(C)C)NC(=O)[C@H](Cc1ccccc1)NC(=O)[C@H](CCCCN)NC(=O)[C@H](CO)NC(=O)[C@H](CO)NC(=O)[C@H](CO)NC(=O)[C@@H]1CCCN1C(=O)[C@H](Cc1ccccc1)NC(=O)[C@H](CCC(N)=O)NC(=O)[C@H](CC(=O)O)NC(=O)[C@H](CC(C)C)NC(=O)[C@@H](N)CC(=O)O)C(=O)N[C@@H](CCC(N)=O)C(=O)O. The smallest absolute Gasteiger partial charge is 0.326 e. The lowest BCUT2D eigenvalue weighted by atomic mass is 9.98. The number of unbranched alkanes of at least 4 members (excludes halogenated alkanes) is 1. The van der Waals surface area contributed by atoms with Crippen LogP contribution < -0.4 is 86.7 Å². The van der Waals surface area contributed by atoms with Gasteiger partial charge in [0.1, 0.15) is 78.5 Å². The molecule has 0 bridgehead atoms. The Balaban J connectivity index is 1.87. The van der Waals surface area contributed by atoms with E-state index in [1.807, 2.05) is 0 Å². The minimum atomic E-state index is -1.99. The molecule has 115 heavy (non-hydrogen) atoms. The average Bonchev–Trinajstić information content (AvgIpc) is 1.74. The first-order valence-electron chi connectivity index (χ1n) is 37.8. The van der Waals surface area contributed by atoms with Crippen LogP contribution in [0.15, 0.2) is 60.7 Å². The van der Waals surface area contributed by atoms with Gasteiger partial charge in [-0.15, -0.1) is 0 Å². The van der Waals surface area contributed by atoms with Gasteiger partial charge in [0.2, 0.25) is 88.6 Å². The van der Waals surface area contributed by atoms with Crippen LogP contribution in [0.2, 0.25) is 0 Å². The molecule has 2 aromatic carbocycles. The molecular formula is C74H113N17O24. The third-order valence-electron chi connectivity index (χ3n) is 18.0. The zero-order valence-electron chi connectivity index (χ0n) is 65.2. The number of amides is 15. The highest BCUT2D eigenvalue weighted by Crippen LogP contribution is 2.22. The standard InChI is InChI=1S/C74H113N17O24/c1-38(2)28-47(82-61(101)43(76)33-59(97)98)65(105)86-51(34-60(99)100)68(108)80-45(22-24-57(77)95)63(103)87-52(32-42-18-11-8-12-19-42)73(113)91-27-15-21-56(91)72(112)90-55(37-94)71(111)89-54(36-93)70(110)88-53(35-92)69(109)79-44(20-13-14-26-75)62(102)85-50(31-41-16-9-7-10-17-41)67(107)84-49(30-40(5)6)66(106)83-48(29-39(3)4)64(104)81-46(74(114)115)23-25-58(78)96/h7-12,16-19,38-40,43-56,92-94H,13-15,20-37,75-76H2,1-6H3,(H2,77,95)(H2,78,96)(H,79,109)(H,80,108)(H,81,104)(H,82,101)(H,83,106)(H,84,107)(H,85,102)(H,86,105)(H,87,103)(H,88,110)(H,89,111)(H,90,112)(H,97,98)(H,99,100)(H,114,115)/t43-,44-,45-,46-,47-,48-,49-,50-,51-,52-,53-,54-,55-,56-/m0/s1. The molecule has 0 spiro atoms. The molecular weight excluding hydrogens is 1510 g/mol. The van der Waals surface area contributed by atoms with Crippen LogP contribution in [-0.2, 0) is 99.1 Å². The third-order valence-corrected chi connectivity index (χ3v) is 18.0. The van der Waals surface area contributed by atoms with Gasteiger partial charge in [0, 0.05) is 32.2 Å². The second-order valence-corrected chi connectivity index (χ2v) is 29.2. The van der Waals surface area contributed by atoms with Crippen molar-refractivity contribution in [3.05, 3.63) is 71.8 Å². The summed E-state index contributed by atoms with van der Waals surface area (Å²) >= 11 is 0. The van der Waals surface area contributed by atoms with Crippen LogP contribution in [-0.4, -0.2) is 260 Å². The van der Waals surface area contributed by atoms with Gasteiger partial charge in [-0.05, 0) is 99.6 Å². The number of hydrogen-bond donors (Lipinski definition) is 22. The van der Waals surface area contributed by atoms with Crippen molar-refractivity contribution in [1.29, 1.82) is 0 Å². The van der Waals surface area contributed by atoms with Crippen molar-refractivity contribution in [3.8, 4) is 0 Å². The molecule has 1 aliphatic heterocycles. The van der Waals surface area contributed by atoms with Crippen LogP contribution in [0.1, 0.15) is 143 Å². The van der Waals surface area contributed by atoms with Crippen molar-refractivity contribution in [2.75, 3.05) is 32.9 Å². The molecule has 0 saturated carbocycles. The summed E-state index contributed by atoms with van der Waals surface area (Å²) < 4.78 is 0. The van der Waals surface area contributed by atoms with E-state index in [0.717, 1.165) is 4.90 Å². The van der Waals surface area contributed by atoms with Crippen molar-refractivity contribution >= 4 is 107 Å². The molecule has 1 saturated heterocycles. The average molecular weight is 1620 g/mol. The van der Waals surface area contributed by atoms with E-state index in [1.165, 1.54) is 0 Å². The Morgan fingerprint density at radius 1 is 0.400 bits per heavy atom. The zero-order chi connectivity index (χ0) is 86.3. The summed E-state index contributed by atoms with van der Waals surface area (Å²) in [5, 5.41) is 88.9. The molecule has 2 aromatic rings. The Morgan fingerprint density at radius 2 is 0.730 bits per heavy atom. The molecule has 41 heteroatoms. The first kappa shape index (κ1) is 97.9. The lowest BCUT2D eigenvalue weighted by Gasteiger charge is -2.31. The summed E-state index contributed by atoms with van der Waals surface area (Å²) in [7, 11) is 0. The van der Waals surface area contributed by atoms with E-state index >= 15 is 0 Å². The van der Waals surface area contributed by atoms with Crippen LogP contribution >= 0.6 is 0 Å². The summed E-state index contributed by atoms with van der Waals surface area (Å²) in [5.41, 5.74) is 23.1. The number of nitrogens with one attached hydrogen (secondary N) is 12. The second-order valence-electron chi connectivity index (χ2n) is 29.2. The summed E-state index contributed by atoms with van der Waals surface area (Å²) in [6, 6.07) is -6.75. The summed E-state index contributed by atoms with van der Waals surface area (Å²) in [4.78, 5) is 243. The van der Waals surface area contributed by atoms with Crippen LogP contribution in [0.5, 0.6) is 0 Å². The van der Waals surface area contributed by atoms with E-state index in [-0.39, 0.29) is 101 Å². The molecule has 0 radical (unpaired) electrons. The molecule has 1 aliphatic rings. The van der Waals surface area contributed by atoms with Crippen LogP contribution in [0, 0.1) is 17.8 Å². The van der Waals surface area contributed by atoms with Crippen molar-refractivity contribution in [1.82, 2.24) is 68.7 Å². The Hall–Kier alpha value is -11.3. The van der Waals surface area contributed by atoms with Gasteiger partial charge in [-0.3, -0.25) is 81.5 Å². The third kappa shape index (κ3) is 35.3. The first-order chi connectivity index (χ1) is 54.2. The van der Waals surface area contributed by atoms with Gasteiger partial charge >= 0.3 is 17.9 Å². The number of likely N-dealkylation sites (tertiary alicyclic amines) is 1. The molecule has 14 atom stereocenters. The topological polar surface area (TPSA) is 680 Å². The molecule has 15 amide bonds. The fraction of sp³-hybridized carbons (Fsp3) is 0.595. The van der Waals surface area contributed by atoms with Crippen molar-refractivity contribution in [2.24, 2.45) is 40.7 Å². The zero-order valence-corrected chi connectivity index (χ0v) is 65.2. The van der Waals surface area contributed by atoms with Gasteiger partial charge in [0.25, 0.3) is 0 Å². The highest BCUT2D eigenvalue weighted by Gasteiger charge is 2.42. The molecule has 1 heterocycles. The molecule has 0 unspecified atom stereocenters. The normalized spacial score (nSPS) is 15.9. The fourth-order valence-corrected chi connectivity index (χ4v) is 12.1. The number of hydrogen-bond acceptors (Lipinski definition) is 23. The largest absolute Gasteiger partial charge is 0.481 e. The molecule has 0 aromatic heterocycles. The maximum absolute atomic E-state index is 14.8. The number of primary amides is 2. The predicted molar refractivity (Wildman–Crippen MR) is 408 cm³/mol. The van der Waals surface area contributed by atoms with Crippen LogP contribution in [0.4, 0.5) is 0 Å². The van der Waals surface area contributed by atoms with Gasteiger partial charge in [0.15, 0.2) is 0 Å². The molecule has 3 rings (SSSR count). The number of aliphatic carboxylic acids is 3.